The van der Waals surface area contributed by atoms with Crippen molar-refractivity contribution in [2.24, 2.45) is 11.8 Å². The molecule has 0 spiro atoms. The average Bonchev–Trinajstić information content (AvgIpc) is 2.31. The summed E-state index contributed by atoms with van der Waals surface area (Å²) in [7, 11) is 0. The molecule has 0 saturated carbocycles. The molecule has 1 rings (SSSR count). The molecule has 1 heterocycles. The molecule has 0 bridgehead atoms. The molecule has 1 aliphatic heterocycles. The van der Waals surface area contributed by atoms with E-state index in [-0.39, 0.29) is 34.6 Å². The van der Waals surface area contributed by atoms with Gasteiger partial charge in [-0.1, -0.05) is 27.7 Å². The van der Waals surface area contributed by atoms with Gasteiger partial charge >= 0.3 is 11.9 Å². The van der Waals surface area contributed by atoms with Gasteiger partial charge in [0.2, 0.25) is 0 Å². The van der Waals surface area contributed by atoms with Crippen LogP contribution in [0.5, 0.6) is 0 Å². The third-order valence-corrected chi connectivity index (χ3v) is 4.96. The van der Waals surface area contributed by atoms with Crippen LogP contribution in [-0.2, 0) is 19.1 Å². The van der Waals surface area contributed by atoms with Crippen LogP contribution in [0.4, 0.5) is 0 Å². The minimum absolute atomic E-state index is 0.105. The van der Waals surface area contributed by atoms with Gasteiger partial charge in [-0.2, -0.15) is 0 Å². The molecule has 0 aromatic heterocycles. The van der Waals surface area contributed by atoms with Crippen LogP contribution in [0, 0.1) is 11.8 Å². The van der Waals surface area contributed by atoms with Crippen LogP contribution in [0.2, 0.25) is 0 Å². The fourth-order valence-corrected chi connectivity index (χ4v) is 3.58. The maximum Gasteiger partial charge on any atom is 0.309 e. The summed E-state index contributed by atoms with van der Waals surface area (Å²) >= 11 is 3.06. The highest BCUT2D eigenvalue weighted by molar-refractivity contribution is 8.06. The Morgan fingerprint density at radius 3 is 1.44 bits per heavy atom. The first kappa shape index (κ1) is 15.7. The SMILES string of the molecule is CC(C)C(=O)OC1CSC(OC(=O)C(C)C)CS1. The molecule has 104 valence electrons. The molecule has 4 nitrogen and oxygen atoms in total. The van der Waals surface area contributed by atoms with E-state index in [1.54, 1.807) is 0 Å². The monoisotopic (exact) mass is 292 g/mol. The first-order valence-corrected chi connectivity index (χ1v) is 8.14. The van der Waals surface area contributed by atoms with Gasteiger partial charge in [-0.15, -0.1) is 23.5 Å². The van der Waals surface area contributed by atoms with Gasteiger partial charge in [0.05, 0.1) is 11.8 Å². The molecular formula is C12H20O4S2. The minimum atomic E-state index is -0.175. The Labute approximate surface area is 117 Å². The van der Waals surface area contributed by atoms with E-state index in [9.17, 15) is 9.59 Å². The molecule has 0 aromatic rings. The first-order valence-electron chi connectivity index (χ1n) is 6.04. The van der Waals surface area contributed by atoms with Gasteiger partial charge in [0.15, 0.2) is 10.9 Å². The molecular weight excluding hydrogens is 272 g/mol. The number of thioether (sulfide) groups is 2. The topological polar surface area (TPSA) is 52.6 Å². The zero-order chi connectivity index (χ0) is 13.7. The lowest BCUT2D eigenvalue weighted by Crippen LogP contribution is -2.30. The van der Waals surface area contributed by atoms with E-state index in [4.69, 9.17) is 9.47 Å². The van der Waals surface area contributed by atoms with E-state index in [1.165, 1.54) is 23.5 Å². The Morgan fingerprint density at radius 1 is 0.889 bits per heavy atom. The quantitative estimate of drug-likeness (QED) is 0.742. The van der Waals surface area contributed by atoms with Crippen LogP contribution in [0.1, 0.15) is 27.7 Å². The van der Waals surface area contributed by atoms with Crippen LogP contribution in [0.25, 0.3) is 0 Å². The van der Waals surface area contributed by atoms with Crippen molar-refractivity contribution < 1.29 is 19.1 Å². The second-order valence-corrected chi connectivity index (χ2v) is 7.09. The third-order valence-electron chi connectivity index (χ3n) is 2.27. The molecule has 1 aliphatic rings. The van der Waals surface area contributed by atoms with Crippen molar-refractivity contribution in [1.82, 2.24) is 0 Å². The van der Waals surface area contributed by atoms with E-state index < -0.39 is 0 Å². The Hall–Kier alpha value is -0.360. The van der Waals surface area contributed by atoms with Crippen molar-refractivity contribution in [2.75, 3.05) is 11.5 Å². The van der Waals surface area contributed by atoms with Gasteiger partial charge in [-0.25, -0.2) is 0 Å². The Balaban J connectivity index is 2.28. The number of hydrogen-bond acceptors (Lipinski definition) is 6. The van der Waals surface area contributed by atoms with Crippen molar-refractivity contribution in [3.8, 4) is 0 Å². The van der Waals surface area contributed by atoms with Crippen LogP contribution < -0.4 is 0 Å². The highest BCUT2D eigenvalue weighted by Gasteiger charge is 2.28. The maximum absolute atomic E-state index is 11.4. The van der Waals surface area contributed by atoms with Crippen molar-refractivity contribution in [1.29, 1.82) is 0 Å². The molecule has 0 radical (unpaired) electrons. The summed E-state index contributed by atoms with van der Waals surface area (Å²) in [6, 6.07) is 0. The number of hydrogen-bond donors (Lipinski definition) is 0. The predicted octanol–water partition coefficient (Wildman–Crippen LogP) is 2.52. The molecule has 0 aliphatic carbocycles. The van der Waals surface area contributed by atoms with Crippen LogP contribution in [-0.4, -0.2) is 34.3 Å². The molecule has 2 atom stereocenters. The van der Waals surface area contributed by atoms with Gasteiger partial charge in [0.25, 0.3) is 0 Å². The van der Waals surface area contributed by atoms with E-state index in [0.29, 0.717) is 11.5 Å². The van der Waals surface area contributed by atoms with Crippen molar-refractivity contribution in [2.45, 2.75) is 38.6 Å². The number of rotatable bonds is 4. The lowest BCUT2D eigenvalue weighted by molar-refractivity contribution is -0.149. The van der Waals surface area contributed by atoms with Gasteiger partial charge in [0, 0.05) is 11.5 Å². The summed E-state index contributed by atoms with van der Waals surface area (Å²) in [4.78, 5) is 22.9. The number of carbonyl (C=O) groups excluding carboxylic acids is 2. The largest absolute Gasteiger partial charge is 0.450 e. The van der Waals surface area contributed by atoms with Crippen molar-refractivity contribution in [3.63, 3.8) is 0 Å². The van der Waals surface area contributed by atoms with Gasteiger partial charge in [-0.3, -0.25) is 9.59 Å². The van der Waals surface area contributed by atoms with Gasteiger partial charge < -0.3 is 9.47 Å². The molecule has 0 amide bonds. The van der Waals surface area contributed by atoms with E-state index >= 15 is 0 Å². The zero-order valence-corrected chi connectivity index (χ0v) is 12.8. The van der Waals surface area contributed by atoms with Crippen molar-refractivity contribution in [3.05, 3.63) is 0 Å². The summed E-state index contributed by atoms with van der Waals surface area (Å²) in [5, 5.41) is 0. The van der Waals surface area contributed by atoms with E-state index in [0.717, 1.165) is 0 Å². The van der Waals surface area contributed by atoms with E-state index in [2.05, 4.69) is 0 Å². The minimum Gasteiger partial charge on any atom is -0.450 e. The van der Waals surface area contributed by atoms with E-state index in [1.807, 2.05) is 27.7 Å². The normalized spacial score (nSPS) is 24.1. The molecule has 2 unspecified atom stereocenters. The zero-order valence-electron chi connectivity index (χ0n) is 11.2. The molecule has 1 fully saturated rings. The van der Waals surface area contributed by atoms with Crippen LogP contribution >= 0.6 is 23.5 Å². The molecule has 0 N–H and O–H groups in total. The lowest BCUT2D eigenvalue weighted by Gasteiger charge is -2.28. The number of ether oxygens (including phenoxy) is 2. The summed E-state index contributed by atoms with van der Waals surface area (Å²) in [6.45, 7) is 7.26. The predicted molar refractivity (Wildman–Crippen MR) is 74.4 cm³/mol. The highest BCUT2D eigenvalue weighted by Crippen LogP contribution is 2.32. The number of esters is 2. The van der Waals surface area contributed by atoms with Gasteiger partial charge in [-0.05, 0) is 0 Å². The summed E-state index contributed by atoms with van der Waals surface area (Å²) in [5.41, 5.74) is -0.252. The van der Waals surface area contributed by atoms with Crippen LogP contribution in [0.15, 0.2) is 0 Å². The number of carbonyl (C=O) groups is 2. The summed E-state index contributed by atoms with van der Waals surface area (Å²) in [5.74, 6) is 0.772. The Kier molecular flexibility index (Phi) is 6.35. The standard InChI is InChI=1S/C12H20O4S2/c1-7(2)11(13)15-9-5-18-10(6-17-9)16-12(14)8(3)4/h7-10H,5-6H2,1-4H3. The second kappa shape index (κ2) is 7.28. The third kappa shape index (κ3) is 5.10. The van der Waals surface area contributed by atoms with Crippen LogP contribution in [0.3, 0.4) is 0 Å². The molecule has 6 heteroatoms. The fourth-order valence-electron chi connectivity index (χ4n) is 1.14. The van der Waals surface area contributed by atoms with Crippen molar-refractivity contribution >= 4 is 35.5 Å². The van der Waals surface area contributed by atoms with Gasteiger partial charge in [0.1, 0.15) is 0 Å². The smallest absolute Gasteiger partial charge is 0.309 e. The summed E-state index contributed by atoms with van der Waals surface area (Å²) in [6.07, 6.45) is 0. The average molecular weight is 292 g/mol. The molecule has 1 saturated heterocycles. The fraction of sp³-hybridized carbons (Fsp3) is 0.833. The second-order valence-electron chi connectivity index (χ2n) is 4.71. The highest BCUT2D eigenvalue weighted by atomic mass is 32.2. The Morgan fingerprint density at radius 2 is 1.22 bits per heavy atom. The molecule has 0 aromatic carbocycles. The first-order chi connectivity index (χ1) is 8.40. The lowest BCUT2D eigenvalue weighted by atomic mass is 10.2. The molecule has 18 heavy (non-hydrogen) atoms. The summed E-state index contributed by atoms with van der Waals surface area (Å²) < 4.78 is 10.6. The maximum atomic E-state index is 11.4. The Bertz CT molecular complexity index is 266.